The second-order valence-corrected chi connectivity index (χ2v) is 3.25. The number of nitrogens with zero attached hydrogens (tertiary/aromatic N) is 3. The molecule has 12 heavy (non-hydrogen) atoms. The fraction of sp³-hybridized carbons (Fsp3) is 0.167. The summed E-state index contributed by atoms with van der Waals surface area (Å²) in [7, 11) is 0. The zero-order chi connectivity index (χ0) is 8.55. The molecule has 0 unspecified atom stereocenters. The van der Waals surface area contributed by atoms with Gasteiger partial charge in [-0.3, -0.25) is 0 Å². The van der Waals surface area contributed by atoms with Crippen LogP contribution in [0.5, 0.6) is 0 Å². The molecule has 0 radical (unpaired) electrons. The van der Waals surface area contributed by atoms with E-state index < -0.39 is 0 Å². The van der Waals surface area contributed by atoms with Gasteiger partial charge >= 0.3 is 0 Å². The van der Waals surface area contributed by atoms with Gasteiger partial charge in [0.25, 0.3) is 0 Å². The summed E-state index contributed by atoms with van der Waals surface area (Å²) in [5.74, 6) is 0. The lowest BCUT2D eigenvalue weighted by molar-refractivity contribution is 0.997. The van der Waals surface area contributed by atoms with Gasteiger partial charge in [-0.15, -0.1) is 0 Å². The lowest BCUT2D eigenvalue weighted by atomic mass is 10.6. The number of fused-ring (bicyclic) bond motifs is 1. The Bertz CT molecular complexity index is 413. The lowest BCUT2D eigenvalue weighted by Crippen LogP contribution is -1.84. The highest BCUT2D eigenvalue weighted by atomic mass is 35.5. The first-order valence-corrected chi connectivity index (χ1v) is 4.82. The van der Waals surface area contributed by atoms with Crippen LogP contribution in [0, 0.1) is 0 Å². The predicted molar refractivity (Wildman–Crippen MR) is 48.5 cm³/mol. The van der Waals surface area contributed by atoms with Crippen LogP contribution in [0.4, 0.5) is 0 Å². The maximum Gasteiger partial charge on any atom is 0.202 e. The van der Waals surface area contributed by atoms with Crippen molar-refractivity contribution in [1.29, 1.82) is 0 Å². The Balaban J connectivity index is 2.66. The van der Waals surface area contributed by atoms with Gasteiger partial charge in [-0.2, -0.15) is 4.98 Å². The van der Waals surface area contributed by atoms with Crippen molar-refractivity contribution < 1.29 is 0 Å². The van der Waals surface area contributed by atoms with E-state index in [9.17, 15) is 0 Å². The first kappa shape index (κ1) is 7.82. The van der Waals surface area contributed by atoms with Gasteiger partial charge in [0.15, 0.2) is 10.8 Å². The summed E-state index contributed by atoms with van der Waals surface area (Å²) in [4.78, 5) is 15.0. The highest BCUT2D eigenvalue weighted by Crippen LogP contribution is 2.14. The molecule has 0 saturated carbocycles. The largest absolute Gasteiger partial charge is 0.326 e. The summed E-state index contributed by atoms with van der Waals surface area (Å²) in [5.41, 5.74) is 1.37. The smallest absolute Gasteiger partial charge is 0.202 e. The van der Waals surface area contributed by atoms with Crippen LogP contribution in [0.25, 0.3) is 11.2 Å². The van der Waals surface area contributed by atoms with Crippen LogP contribution < -0.4 is 0 Å². The average Bonchev–Trinajstić information content (AvgIpc) is 2.43. The Morgan fingerprint density at radius 3 is 3.08 bits per heavy atom. The molecule has 0 atom stereocenters. The normalized spacial score (nSPS) is 10.8. The van der Waals surface area contributed by atoms with Crippen molar-refractivity contribution in [3.8, 4) is 0 Å². The van der Waals surface area contributed by atoms with Gasteiger partial charge in [0, 0.05) is 0 Å². The first-order chi connectivity index (χ1) is 5.79. The Hall–Kier alpha value is -0.810. The van der Waals surface area contributed by atoms with Crippen LogP contribution in [0.2, 0.25) is 5.28 Å². The Morgan fingerprint density at radius 2 is 2.33 bits per heavy atom. The van der Waals surface area contributed by atoms with Crippen LogP contribution in [0.1, 0.15) is 0 Å². The molecule has 0 amide bonds. The number of halogens is 1. The van der Waals surface area contributed by atoms with E-state index in [0.717, 1.165) is 5.52 Å². The highest BCUT2D eigenvalue weighted by molar-refractivity contribution is 7.98. The van der Waals surface area contributed by atoms with E-state index in [0.29, 0.717) is 16.1 Å². The third-order valence-corrected chi connectivity index (χ3v) is 2.11. The minimum atomic E-state index is 0.345. The Labute approximate surface area is 77.8 Å². The molecule has 2 rings (SSSR count). The number of thioether (sulfide) groups is 1. The van der Waals surface area contributed by atoms with E-state index in [2.05, 4.69) is 19.9 Å². The molecule has 6 heteroatoms. The fourth-order valence-corrected chi connectivity index (χ4v) is 1.38. The summed E-state index contributed by atoms with van der Waals surface area (Å²) in [5, 5.41) is 1.04. The van der Waals surface area contributed by atoms with E-state index in [1.165, 1.54) is 11.8 Å². The number of aromatic nitrogens is 4. The number of hydrogen-bond acceptors (Lipinski definition) is 4. The second-order valence-electron chi connectivity index (χ2n) is 2.12. The summed E-state index contributed by atoms with van der Waals surface area (Å²) in [6.07, 6.45) is 3.59. The quantitative estimate of drug-likeness (QED) is 0.433. The molecule has 4 nitrogen and oxygen atoms in total. The van der Waals surface area contributed by atoms with Gasteiger partial charge in [0.1, 0.15) is 5.52 Å². The molecule has 0 bridgehead atoms. The number of hydrogen-bond donors (Lipinski definition) is 1. The highest BCUT2D eigenvalue weighted by Gasteiger charge is 2.02. The first-order valence-electron chi connectivity index (χ1n) is 3.22. The molecule has 2 aromatic heterocycles. The Morgan fingerprint density at radius 1 is 1.50 bits per heavy atom. The molecule has 0 aromatic carbocycles. The topological polar surface area (TPSA) is 54.5 Å². The number of H-pyrrole nitrogens is 1. The van der Waals surface area contributed by atoms with E-state index in [1.54, 1.807) is 6.20 Å². The van der Waals surface area contributed by atoms with E-state index >= 15 is 0 Å². The summed E-state index contributed by atoms with van der Waals surface area (Å²) in [6, 6.07) is 0. The van der Waals surface area contributed by atoms with Gasteiger partial charge in [-0.05, 0) is 17.9 Å². The molecule has 2 aromatic rings. The standard InChI is InChI=1S/C6H5ClN4S/c1-12-6-8-2-3-4(11-6)10-5(7)9-3/h2H,1H3,(H,8,9,10,11). The van der Waals surface area contributed by atoms with Crippen LogP contribution >= 0.6 is 23.4 Å². The Kier molecular flexibility index (Phi) is 1.90. The second kappa shape index (κ2) is 2.91. The summed E-state index contributed by atoms with van der Waals surface area (Å²) in [6.45, 7) is 0. The SMILES string of the molecule is CSc1ncc2[nH]c(Cl)nc2n1. The van der Waals surface area contributed by atoms with Gasteiger partial charge in [-0.1, -0.05) is 11.8 Å². The summed E-state index contributed by atoms with van der Waals surface area (Å²) >= 11 is 7.11. The zero-order valence-corrected chi connectivity index (χ0v) is 7.78. The third kappa shape index (κ3) is 1.25. The van der Waals surface area contributed by atoms with Gasteiger partial charge in [0.2, 0.25) is 5.28 Å². The van der Waals surface area contributed by atoms with Crippen molar-refractivity contribution in [2.24, 2.45) is 0 Å². The number of rotatable bonds is 1. The lowest BCUT2D eigenvalue weighted by Gasteiger charge is -1.90. The molecule has 0 saturated heterocycles. The molecule has 1 N–H and O–H groups in total. The molecular weight excluding hydrogens is 196 g/mol. The predicted octanol–water partition coefficient (Wildman–Crippen LogP) is 1.73. The van der Waals surface area contributed by atoms with Crippen LogP contribution in [-0.4, -0.2) is 26.2 Å². The maximum atomic E-state index is 5.64. The van der Waals surface area contributed by atoms with Crippen molar-refractivity contribution in [1.82, 2.24) is 19.9 Å². The number of nitrogens with one attached hydrogen (secondary N) is 1. The van der Waals surface area contributed by atoms with E-state index in [-0.39, 0.29) is 0 Å². The van der Waals surface area contributed by atoms with E-state index in [1.807, 2.05) is 6.26 Å². The van der Waals surface area contributed by atoms with Crippen molar-refractivity contribution in [2.75, 3.05) is 6.26 Å². The summed E-state index contributed by atoms with van der Waals surface area (Å²) < 4.78 is 0. The third-order valence-electron chi connectivity index (χ3n) is 1.37. The molecular formula is C6H5ClN4S. The fourth-order valence-electron chi connectivity index (χ4n) is 0.861. The average molecular weight is 201 g/mol. The minimum absolute atomic E-state index is 0.345. The monoisotopic (exact) mass is 200 g/mol. The van der Waals surface area contributed by atoms with E-state index in [4.69, 9.17) is 11.6 Å². The zero-order valence-electron chi connectivity index (χ0n) is 6.21. The van der Waals surface area contributed by atoms with Crippen molar-refractivity contribution in [2.45, 2.75) is 5.16 Å². The van der Waals surface area contributed by atoms with Crippen molar-refractivity contribution >= 4 is 34.5 Å². The molecule has 2 heterocycles. The number of imidazole rings is 1. The van der Waals surface area contributed by atoms with Gasteiger partial charge in [0.05, 0.1) is 6.20 Å². The van der Waals surface area contributed by atoms with Crippen LogP contribution in [0.3, 0.4) is 0 Å². The molecule has 62 valence electrons. The molecule has 0 aliphatic rings. The number of aromatic amines is 1. The van der Waals surface area contributed by atoms with Gasteiger partial charge < -0.3 is 4.98 Å². The molecule has 0 aliphatic heterocycles. The molecule has 0 aliphatic carbocycles. The van der Waals surface area contributed by atoms with Gasteiger partial charge in [-0.25, -0.2) is 9.97 Å². The molecule has 0 fully saturated rings. The minimum Gasteiger partial charge on any atom is -0.326 e. The van der Waals surface area contributed by atoms with Crippen molar-refractivity contribution in [3.05, 3.63) is 11.5 Å². The molecule has 0 spiro atoms. The van der Waals surface area contributed by atoms with Crippen LogP contribution in [0.15, 0.2) is 11.4 Å². The van der Waals surface area contributed by atoms with Crippen molar-refractivity contribution in [3.63, 3.8) is 0 Å². The van der Waals surface area contributed by atoms with Crippen LogP contribution in [-0.2, 0) is 0 Å². The maximum absolute atomic E-state index is 5.64.